The Morgan fingerprint density at radius 3 is 2.44 bits per heavy atom. The van der Waals surface area contributed by atoms with Gasteiger partial charge in [0, 0.05) is 18.6 Å². The molecule has 0 radical (unpaired) electrons. The molecular formula is C13H21N3. The van der Waals surface area contributed by atoms with Crippen LogP contribution in [0.5, 0.6) is 0 Å². The third-order valence-electron chi connectivity index (χ3n) is 3.27. The summed E-state index contributed by atoms with van der Waals surface area (Å²) in [4.78, 5) is 0. The number of rotatable bonds is 3. The number of nitrogens with two attached hydrogens (primary N) is 1. The highest BCUT2D eigenvalue weighted by atomic mass is 15.4. The maximum atomic E-state index is 5.64. The highest BCUT2D eigenvalue weighted by molar-refractivity contribution is 5.27. The molecule has 1 aromatic rings. The summed E-state index contributed by atoms with van der Waals surface area (Å²) in [6, 6.07) is 9.67. The highest BCUT2D eigenvalue weighted by Gasteiger charge is 2.23. The summed E-state index contributed by atoms with van der Waals surface area (Å²) in [7, 11) is 0. The fourth-order valence-corrected chi connectivity index (χ4v) is 2.11. The van der Waals surface area contributed by atoms with Gasteiger partial charge >= 0.3 is 0 Å². The van der Waals surface area contributed by atoms with Crippen LogP contribution in [0.3, 0.4) is 0 Å². The quantitative estimate of drug-likeness (QED) is 0.725. The minimum atomic E-state index is 0.398. The van der Waals surface area contributed by atoms with E-state index >= 15 is 0 Å². The first kappa shape index (κ1) is 11.6. The Morgan fingerprint density at radius 1 is 1.25 bits per heavy atom. The van der Waals surface area contributed by atoms with Gasteiger partial charge in [-0.1, -0.05) is 38.1 Å². The third kappa shape index (κ3) is 2.43. The summed E-state index contributed by atoms with van der Waals surface area (Å²) in [6.07, 6.45) is 1.07. The van der Waals surface area contributed by atoms with E-state index in [9.17, 15) is 0 Å². The van der Waals surface area contributed by atoms with E-state index in [1.165, 1.54) is 11.1 Å². The summed E-state index contributed by atoms with van der Waals surface area (Å²) >= 11 is 0. The van der Waals surface area contributed by atoms with Gasteiger partial charge in [-0.05, 0) is 23.5 Å². The zero-order valence-corrected chi connectivity index (χ0v) is 10.0. The van der Waals surface area contributed by atoms with Gasteiger partial charge in [0.15, 0.2) is 0 Å². The van der Waals surface area contributed by atoms with Crippen LogP contribution in [0, 0.1) is 0 Å². The molecule has 4 N–H and O–H groups in total. The fraction of sp³-hybridized carbons (Fsp3) is 0.538. The molecule has 1 aliphatic heterocycles. The molecule has 1 heterocycles. The second-order valence-electron chi connectivity index (χ2n) is 4.83. The van der Waals surface area contributed by atoms with Crippen molar-refractivity contribution in [3.8, 4) is 0 Å². The van der Waals surface area contributed by atoms with Crippen molar-refractivity contribution in [3.05, 3.63) is 35.4 Å². The number of hydrogen-bond acceptors (Lipinski definition) is 3. The Labute approximate surface area is 97.4 Å². The average molecular weight is 219 g/mol. The Morgan fingerprint density at radius 2 is 1.94 bits per heavy atom. The molecule has 2 unspecified atom stereocenters. The van der Waals surface area contributed by atoms with Crippen molar-refractivity contribution in [1.82, 2.24) is 10.9 Å². The van der Waals surface area contributed by atoms with Crippen molar-refractivity contribution in [2.45, 2.75) is 38.3 Å². The molecule has 0 saturated carbocycles. The first-order valence-electron chi connectivity index (χ1n) is 6.01. The fourth-order valence-electron chi connectivity index (χ4n) is 2.11. The van der Waals surface area contributed by atoms with Gasteiger partial charge in [-0.25, -0.2) is 5.43 Å². The average Bonchev–Trinajstić information content (AvgIpc) is 2.77. The van der Waals surface area contributed by atoms with Crippen LogP contribution in [0.25, 0.3) is 0 Å². The molecule has 2 rings (SSSR count). The Bertz CT molecular complexity index is 332. The molecule has 1 aliphatic rings. The number of hydrogen-bond donors (Lipinski definition) is 3. The monoisotopic (exact) mass is 219 g/mol. The van der Waals surface area contributed by atoms with Crippen molar-refractivity contribution in [1.29, 1.82) is 0 Å². The molecule has 88 valence electrons. The number of nitrogens with one attached hydrogen (secondary N) is 2. The first-order chi connectivity index (χ1) is 7.70. The largest absolute Gasteiger partial charge is 0.329 e. The molecule has 0 amide bonds. The van der Waals surface area contributed by atoms with Crippen LogP contribution in [0.1, 0.15) is 43.4 Å². The van der Waals surface area contributed by atoms with Crippen LogP contribution < -0.4 is 16.6 Å². The Hall–Kier alpha value is -0.900. The van der Waals surface area contributed by atoms with Gasteiger partial charge < -0.3 is 5.73 Å². The van der Waals surface area contributed by atoms with Gasteiger partial charge in [0.2, 0.25) is 0 Å². The lowest BCUT2D eigenvalue weighted by Gasteiger charge is -2.11. The van der Waals surface area contributed by atoms with Crippen molar-refractivity contribution in [3.63, 3.8) is 0 Å². The van der Waals surface area contributed by atoms with E-state index < -0.39 is 0 Å². The third-order valence-corrected chi connectivity index (χ3v) is 3.27. The zero-order valence-electron chi connectivity index (χ0n) is 10.0. The van der Waals surface area contributed by atoms with Crippen LogP contribution in [-0.2, 0) is 0 Å². The van der Waals surface area contributed by atoms with Crippen molar-refractivity contribution >= 4 is 0 Å². The lowest BCUT2D eigenvalue weighted by atomic mass is 9.97. The van der Waals surface area contributed by atoms with E-state index in [0.29, 0.717) is 24.5 Å². The number of benzene rings is 1. The van der Waals surface area contributed by atoms with Crippen LogP contribution in [0.15, 0.2) is 24.3 Å². The minimum absolute atomic E-state index is 0.398. The van der Waals surface area contributed by atoms with E-state index in [4.69, 9.17) is 5.73 Å². The lowest BCUT2D eigenvalue weighted by molar-refractivity contribution is 0.546. The Kier molecular flexibility index (Phi) is 3.59. The van der Waals surface area contributed by atoms with Crippen LogP contribution >= 0.6 is 0 Å². The molecule has 0 spiro atoms. The van der Waals surface area contributed by atoms with Crippen molar-refractivity contribution in [2.75, 3.05) is 6.54 Å². The molecule has 3 nitrogen and oxygen atoms in total. The van der Waals surface area contributed by atoms with Crippen LogP contribution in [0.2, 0.25) is 0 Å². The van der Waals surface area contributed by atoms with Crippen LogP contribution in [-0.4, -0.2) is 12.6 Å². The van der Waals surface area contributed by atoms with Crippen molar-refractivity contribution < 1.29 is 0 Å². The molecule has 1 fully saturated rings. The topological polar surface area (TPSA) is 50.1 Å². The molecular weight excluding hydrogens is 198 g/mol. The highest BCUT2D eigenvalue weighted by Crippen LogP contribution is 2.23. The maximum absolute atomic E-state index is 5.64. The first-order valence-corrected chi connectivity index (χ1v) is 6.01. The van der Waals surface area contributed by atoms with E-state index in [0.717, 1.165) is 6.42 Å². The normalized spacial score (nSPS) is 25.2. The van der Waals surface area contributed by atoms with Gasteiger partial charge in [-0.15, -0.1) is 0 Å². The van der Waals surface area contributed by atoms with Gasteiger partial charge in [-0.3, -0.25) is 5.43 Å². The summed E-state index contributed by atoms with van der Waals surface area (Å²) in [5.41, 5.74) is 14.9. The minimum Gasteiger partial charge on any atom is -0.329 e. The standard InChI is InChI=1S/C13H21N3/c1-9(2)10-3-5-11(6-4-10)13-7-12(8-14)15-16-13/h3-6,9,12-13,15-16H,7-8,14H2,1-2H3. The Balaban J connectivity index is 2.05. The summed E-state index contributed by atoms with van der Waals surface area (Å²) < 4.78 is 0. The zero-order chi connectivity index (χ0) is 11.5. The van der Waals surface area contributed by atoms with Crippen LogP contribution in [0.4, 0.5) is 0 Å². The molecule has 0 bridgehead atoms. The van der Waals surface area contributed by atoms with E-state index in [2.05, 4.69) is 49.0 Å². The SMILES string of the molecule is CC(C)c1ccc(C2CC(CN)NN2)cc1. The molecule has 2 atom stereocenters. The summed E-state index contributed by atoms with van der Waals surface area (Å²) in [5.74, 6) is 0.598. The van der Waals surface area contributed by atoms with Gasteiger partial charge in [0.25, 0.3) is 0 Å². The second kappa shape index (κ2) is 4.95. The molecule has 1 saturated heterocycles. The smallest absolute Gasteiger partial charge is 0.0478 e. The number of hydrazine groups is 1. The predicted molar refractivity (Wildman–Crippen MR) is 67.0 cm³/mol. The van der Waals surface area contributed by atoms with E-state index in [-0.39, 0.29) is 0 Å². The summed E-state index contributed by atoms with van der Waals surface area (Å²) in [6.45, 7) is 5.12. The lowest BCUT2D eigenvalue weighted by Crippen LogP contribution is -2.35. The van der Waals surface area contributed by atoms with Gasteiger partial charge in [-0.2, -0.15) is 0 Å². The maximum Gasteiger partial charge on any atom is 0.0478 e. The van der Waals surface area contributed by atoms with E-state index in [1.807, 2.05) is 0 Å². The molecule has 0 aliphatic carbocycles. The van der Waals surface area contributed by atoms with Gasteiger partial charge in [0.05, 0.1) is 0 Å². The molecule has 3 heteroatoms. The molecule has 0 aromatic heterocycles. The predicted octanol–water partition coefficient (Wildman–Crippen LogP) is 1.68. The molecule has 16 heavy (non-hydrogen) atoms. The molecule has 1 aromatic carbocycles. The second-order valence-corrected chi connectivity index (χ2v) is 4.83. The van der Waals surface area contributed by atoms with E-state index in [1.54, 1.807) is 0 Å². The van der Waals surface area contributed by atoms with Crippen molar-refractivity contribution in [2.24, 2.45) is 5.73 Å². The summed E-state index contributed by atoms with van der Waals surface area (Å²) in [5, 5.41) is 0. The van der Waals surface area contributed by atoms with Gasteiger partial charge in [0.1, 0.15) is 0 Å².